The molecule has 0 unspecified atom stereocenters. The van der Waals surface area contributed by atoms with Gasteiger partial charge in [-0.15, -0.1) is 17.5 Å². The minimum atomic E-state index is 0. The highest BCUT2D eigenvalue weighted by atomic mass is 35.5. The first kappa shape index (κ1) is 11.4. The summed E-state index contributed by atoms with van der Waals surface area (Å²) < 4.78 is 0. The Balaban J connectivity index is 0.00000112. The van der Waals surface area contributed by atoms with Gasteiger partial charge >= 0.3 is 0 Å². The van der Waals surface area contributed by atoms with E-state index in [2.05, 4.69) is 15.6 Å². The Labute approximate surface area is 93.9 Å². The van der Waals surface area contributed by atoms with Gasteiger partial charge in [0.25, 0.3) is 0 Å². The number of nitrogens with two attached hydrogens (primary N) is 1. The molecular weight excluding hydrogens is 212 g/mol. The minimum Gasteiger partial charge on any atom is -0.322 e. The number of anilines is 1. The van der Waals surface area contributed by atoms with E-state index in [9.17, 15) is 0 Å². The molecule has 0 saturated carbocycles. The van der Waals surface area contributed by atoms with Gasteiger partial charge in [0.1, 0.15) is 5.69 Å². The molecular formula is C10H11ClN4. The number of nitrogens with one attached hydrogen (secondary N) is 1. The van der Waals surface area contributed by atoms with Gasteiger partial charge in [0, 0.05) is 5.56 Å². The van der Waals surface area contributed by atoms with Crippen molar-refractivity contribution >= 4 is 18.1 Å². The van der Waals surface area contributed by atoms with Gasteiger partial charge in [-0.05, 0) is 6.07 Å². The molecule has 0 fully saturated rings. The summed E-state index contributed by atoms with van der Waals surface area (Å²) in [5, 5.41) is 7.85. The molecule has 0 saturated heterocycles. The Morgan fingerprint density at radius 2 is 1.80 bits per heavy atom. The van der Waals surface area contributed by atoms with E-state index in [0.717, 1.165) is 16.9 Å². The van der Waals surface area contributed by atoms with Crippen LogP contribution in [0.5, 0.6) is 0 Å². The van der Waals surface area contributed by atoms with Gasteiger partial charge in [-0.1, -0.05) is 30.3 Å². The number of hydrogen-bond donors (Lipinski definition) is 2. The largest absolute Gasteiger partial charge is 0.322 e. The normalized spacial score (nSPS) is 9.13. The van der Waals surface area contributed by atoms with Crippen LogP contribution in [-0.2, 0) is 0 Å². The number of nitrogen functional groups attached to an aromatic ring is 1. The molecule has 2 aromatic rings. The molecule has 1 aromatic heterocycles. The third kappa shape index (κ3) is 2.43. The zero-order valence-electron chi connectivity index (χ0n) is 7.92. The Morgan fingerprint density at radius 3 is 2.47 bits per heavy atom. The van der Waals surface area contributed by atoms with Gasteiger partial charge in [-0.25, -0.2) is 0 Å². The van der Waals surface area contributed by atoms with Crippen LogP contribution in [0.4, 0.5) is 5.69 Å². The van der Waals surface area contributed by atoms with Crippen molar-refractivity contribution in [3.8, 4) is 11.3 Å². The summed E-state index contributed by atoms with van der Waals surface area (Å²) in [6.45, 7) is 0. The summed E-state index contributed by atoms with van der Waals surface area (Å²) in [6, 6.07) is 11.6. The van der Waals surface area contributed by atoms with Gasteiger partial charge in [0.2, 0.25) is 0 Å². The third-order valence-corrected chi connectivity index (χ3v) is 1.92. The van der Waals surface area contributed by atoms with Crippen molar-refractivity contribution in [3.63, 3.8) is 0 Å². The molecule has 0 bridgehead atoms. The zero-order valence-corrected chi connectivity index (χ0v) is 8.74. The van der Waals surface area contributed by atoms with Crippen molar-refractivity contribution in [2.75, 3.05) is 5.43 Å². The maximum atomic E-state index is 5.37. The van der Waals surface area contributed by atoms with E-state index in [0.29, 0.717) is 0 Å². The van der Waals surface area contributed by atoms with Gasteiger partial charge in [0.15, 0.2) is 0 Å². The van der Waals surface area contributed by atoms with Crippen molar-refractivity contribution < 1.29 is 0 Å². The molecule has 0 radical (unpaired) electrons. The standard InChI is InChI=1S/C10H10N4.ClH/c11-13-9-6-7-12-14-10(9)8-4-2-1-3-5-8;/h1-7H,11H2,(H,12,13);1H. The fourth-order valence-corrected chi connectivity index (χ4v) is 1.26. The molecule has 4 nitrogen and oxygen atoms in total. The first-order valence-electron chi connectivity index (χ1n) is 4.25. The van der Waals surface area contributed by atoms with Crippen LogP contribution in [0, 0.1) is 0 Å². The number of hydrogen-bond acceptors (Lipinski definition) is 4. The van der Waals surface area contributed by atoms with Gasteiger partial charge in [0.05, 0.1) is 11.9 Å². The van der Waals surface area contributed by atoms with Crippen LogP contribution in [0.1, 0.15) is 0 Å². The lowest BCUT2D eigenvalue weighted by atomic mass is 10.1. The molecule has 78 valence electrons. The van der Waals surface area contributed by atoms with E-state index in [1.165, 1.54) is 0 Å². The number of hydrazine groups is 1. The van der Waals surface area contributed by atoms with Gasteiger partial charge in [-0.2, -0.15) is 5.10 Å². The quantitative estimate of drug-likeness (QED) is 0.601. The predicted octanol–water partition coefficient (Wildman–Crippen LogP) is 1.85. The molecule has 5 heteroatoms. The number of benzene rings is 1. The fraction of sp³-hybridized carbons (Fsp3) is 0. The highest BCUT2D eigenvalue weighted by Crippen LogP contribution is 2.22. The molecule has 0 amide bonds. The highest BCUT2D eigenvalue weighted by molar-refractivity contribution is 5.85. The van der Waals surface area contributed by atoms with Crippen LogP contribution < -0.4 is 11.3 Å². The Hall–Kier alpha value is -1.65. The van der Waals surface area contributed by atoms with Crippen LogP contribution >= 0.6 is 12.4 Å². The average Bonchev–Trinajstić information content (AvgIpc) is 2.30. The highest BCUT2D eigenvalue weighted by Gasteiger charge is 2.04. The molecule has 0 spiro atoms. The Morgan fingerprint density at radius 1 is 1.07 bits per heavy atom. The molecule has 0 aliphatic carbocycles. The Kier molecular flexibility index (Phi) is 4.03. The van der Waals surface area contributed by atoms with Crippen LogP contribution in [0.25, 0.3) is 11.3 Å². The summed E-state index contributed by atoms with van der Waals surface area (Å²) in [5.74, 6) is 5.37. The number of rotatable bonds is 2. The Bertz CT molecular complexity index is 419. The molecule has 0 atom stereocenters. The zero-order chi connectivity index (χ0) is 9.80. The molecule has 0 aliphatic rings. The van der Waals surface area contributed by atoms with Gasteiger partial charge < -0.3 is 5.43 Å². The van der Waals surface area contributed by atoms with Crippen molar-refractivity contribution in [2.45, 2.75) is 0 Å². The van der Waals surface area contributed by atoms with Gasteiger partial charge in [-0.3, -0.25) is 5.84 Å². The van der Waals surface area contributed by atoms with Crippen molar-refractivity contribution in [2.24, 2.45) is 5.84 Å². The molecule has 1 aromatic carbocycles. The third-order valence-electron chi connectivity index (χ3n) is 1.92. The van der Waals surface area contributed by atoms with E-state index in [-0.39, 0.29) is 12.4 Å². The van der Waals surface area contributed by atoms with E-state index in [1.807, 2.05) is 30.3 Å². The summed E-state index contributed by atoms with van der Waals surface area (Å²) in [4.78, 5) is 0. The maximum Gasteiger partial charge on any atom is 0.117 e. The predicted molar refractivity (Wildman–Crippen MR) is 62.5 cm³/mol. The van der Waals surface area contributed by atoms with Crippen LogP contribution in [-0.4, -0.2) is 10.2 Å². The van der Waals surface area contributed by atoms with Crippen LogP contribution in [0.2, 0.25) is 0 Å². The molecule has 0 aliphatic heterocycles. The molecule has 1 heterocycles. The summed E-state index contributed by atoms with van der Waals surface area (Å²) >= 11 is 0. The second-order valence-electron chi connectivity index (χ2n) is 2.80. The van der Waals surface area contributed by atoms with E-state index in [1.54, 1.807) is 12.3 Å². The number of halogens is 1. The summed E-state index contributed by atoms with van der Waals surface area (Å²) in [6.07, 6.45) is 1.60. The van der Waals surface area contributed by atoms with Crippen molar-refractivity contribution in [1.82, 2.24) is 10.2 Å². The summed E-state index contributed by atoms with van der Waals surface area (Å²) in [7, 11) is 0. The second-order valence-corrected chi connectivity index (χ2v) is 2.80. The molecule has 2 rings (SSSR count). The maximum absolute atomic E-state index is 5.37. The number of aromatic nitrogens is 2. The van der Waals surface area contributed by atoms with E-state index in [4.69, 9.17) is 5.84 Å². The lowest BCUT2D eigenvalue weighted by Gasteiger charge is -2.05. The smallest absolute Gasteiger partial charge is 0.117 e. The molecule has 15 heavy (non-hydrogen) atoms. The topological polar surface area (TPSA) is 63.8 Å². The SMILES string of the molecule is Cl.NNc1ccnnc1-c1ccccc1. The second kappa shape index (κ2) is 5.29. The monoisotopic (exact) mass is 222 g/mol. The minimum absolute atomic E-state index is 0. The number of nitrogens with zero attached hydrogens (tertiary/aromatic N) is 2. The van der Waals surface area contributed by atoms with E-state index < -0.39 is 0 Å². The van der Waals surface area contributed by atoms with E-state index >= 15 is 0 Å². The van der Waals surface area contributed by atoms with Crippen LogP contribution in [0.3, 0.4) is 0 Å². The lowest BCUT2D eigenvalue weighted by Crippen LogP contribution is -2.09. The van der Waals surface area contributed by atoms with Crippen molar-refractivity contribution in [3.05, 3.63) is 42.6 Å². The first-order chi connectivity index (χ1) is 6.92. The lowest BCUT2D eigenvalue weighted by molar-refractivity contribution is 1.03. The molecule has 3 N–H and O–H groups in total. The summed E-state index contributed by atoms with van der Waals surface area (Å²) in [5.41, 5.74) is 5.12. The fourth-order valence-electron chi connectivity index (χ4n) is 1.26. The van der Waals surface area contributed by atoms with Crippen LogP contribution in [0.15, 0.2) is 42.6 Å². The average molecular weight is 223 g/mol. The van der Waals surface area contributed by atoms with Crippen molar-refractivity contribution in [1.29, 1.82) is 0 Å². The first-order valence-corrected chi connectivity index (χ1v) is 4.25.